The number of amides is 1. The van der Waals surface area contributed by atoms with Gasteiger partial charge in [0, 0.05) is 25.2 Å². The Labute approximate surface area is 145 Å². The van der Waals surface area contributed by atoms with Gasteiger partial charge in [0.15, 0.2) is 5.82 Å². The molecule has 25 heavy (non-hydrogen) atoms. The van der Waals surface area contributed by atoms with Gasteiger partial charge < -0.3 is 10.2 Å². The summed E-state index contributed by atoms with van der Waals surface area (Å²) in [5.41, 5.74) is 0.717. The van der Waals surface area contributed by atoms with Crippen molar-refractivity contribution in [3.8, 4) is 0 Å². The number of hydrogen-bond donors (Lipinski definition) is 1. The third-order valence-electron chi connectivity index (χ3n) is 4.40. The van der Waals surface area contributed by atoms with Gasteiger partial charge in [-0.05, 0) is 44.0 Å². The Morgan fingerprint density at radius 2 is 2.00 bits per heavy atom. The number of halogens is 2. The van der Waals surface area contributed by atoms with Crippen molar-refractivity contribution < 1.29 is 13.6 Å². The molecule has 0 aliphatic carbocycles. The number of carbonyl (C=O) groups is 1. The number of hydrogen-bond acceptors (Lipinski definition) is 4. The third kappa shape index (κ3) is 4.10. The van der Waals surface area contributed by atoms with Gasteiger partial charge >= 0.3 is 0 Å². The van der Waals surface area contributed by atoms with Crippen LogP contribution in [0.5, 0.6) is 0 Å². The zero-order valence-corrected chi connectivity index (χ0v) is 14.0. The lowest BCUT2D eigenvalue weighted by Crippen LogP contribution is -2.43. The Hall–Kier alpha value is -2.57. The van der Waals surface area contributed by atoms with Crippen molar-refractivity contribution in [2.45, 2.75) is 26.3 Å². The Bertz CT molecular complexity index is 731. The zero-order chi connectivity index (χ0) is 17.8. The van der Waals surface area contributed by atoms with Crippen LogP contribution in [0.1, 0.15) is 24.1 Å². The van der Waals surface area contributed by atoms with E-state index in [9.17, 15) is 13.6 Å². The first-order valence-corrected chi connectivity index (χ1v) is 8.30. The van der Waals surface area contributed by atoms with Crippen LogP contribution < -0.4 is 10.2 Å². The van der Waals surface area contributed by atoms with Crippen molar-refractivity contribution in [3.63, 3.8) is 0 Å². The molecule has 0 bridgehead atoms. The van der Waals surface area contributed by atoms with E-state index in [-0.39, 0.29) is 23.9 Å². The average molecular weight is 346 g/mol. The normalized spacial score (nSPS) is 17.4. The van der Waals surface area contributed by atoms with Crippen LogP contribution in [0.3, 0.4) is 0 Å². The summed E-state index contributed by atoms with van der Waals surface area (Å²) in [6.07, 6.45) is 1.59. The molecule has 1 amide bonds. The van der Waals surface area contributed by atoms with Crippen LogP contribution in [0.15, 0.2) is 30.3 Å². The number of carbonyl (C=O) groups excluding carboxylic acids is 1. The lowest BCUT2D eigenvalue weighted by atomic mass is 9.97. The molecular weight excluding hydrogens is 326 g/mol. The van der Waals surface area contributed by atoms with Crippen molar-refractivity contribution in [1.82, 2.24) is 15.5 Å². The lowest BCUT2D eigenvalue weighted by Gasteiger charge is -2.32. The summed E-state index contributed by atoms with van der Waals surface area (Å²) in [6, 6.07) is 7.44. The first-order chi connectivity index (χ1) is 12.0. The van der Waals surface area contributed by atoms with Crippen molar-refractivity contribution in [3.05, 3.63) is 53.2 Å². The molecular formula is C18H20F2N4O. The van der Waals surface area contributed by atoms with Gasteiger partial charge in [-0.25, -0.2) is 8.78 Å². The summed E-state index contributed by atoms with van der Waals surface area (Å²) in [5.74, 6) is -1.01. The van der Waals surface area contributed by atoms with E-state index in [1.54, 1.807) is 0 Å². The number of piperidine rings is 1. The largest absolute Gasteiger partial charge is 0.354 e. The lowest BCUT2D eigenvalue weighted by molar-refractivity contribution is -0.125. The molecule has 1 aromatic heterocycles. The van der Waals surface area contributed by atoms with E-state index < -0.39 is 11.6 Å². The molecule has 5 nitrogen and oxygen atoms in total. The number of aryl methyl sites for hydroxylation is 1. The summed E-state index contributed by atoms with van der Waals surface area (Å²) in [5, 5.41) is 10.9. The second-order valence-corrected chi connectivity index (χ2v) is 6.24. The number of aromatic nitrogens is 2. The van der Waals surface area contributed by atoms with Gasteiger partial charge in [0.05, 0.1) is 11.6 Å². The van der Waals surface area contributed by atoms with Gasteiger partial charge in [0.25, 0.3) is 0 Å². The molecule has 1 N–H and O–H groups in total. The predicted octanol–water partition coefficient (Wildman–Crippen LogP) is 2.60. The van der Waals surface area contributed by atoms with Gasteiger partial charge in [-0.3, -0.25) is 4.79 Å². The summed E-state index contributed by atoms with van der Waals surface area (Å²) >= 11 is 0. The molecule has 1 unspecified atom stereocenters. The fourth-order valence-corrected chi connectivity index (χ4v) is 2.98. The molecule has 2 heterocycles. The van der Waals surface area contributed by atoms with Gasteiger partial charge in [0.1, 0.15) is 11.6 Å². The topological polar surface area (TPSA) is 58.1 Å². The maximum atomic E-state index is 13.6. The molecule has 1 aliphatic heterocycles. The third-order valence-corrected chi connectivity index (χ3v) is 4.40. The standard InChI is InChI=1S/C18H20F2N4O/c1-12-7-8-17(23-22-12)24-9-3-4-13(11-24)18(25)21-10-14-15(19)5-2-6-16(14)20/h2,5-8,13H,3-4,9-11H2,1H3,(H,21,25). The minimum absolute atomic E-state index is 0.118. The molecule has 1 aliphatic rings. The Balaban J connectivity index is 1.61. The maximum Gasteiger partial charge on any atom is 0.225 e. The molecule has 1 aromatic carbocycles. The van der Waals surface area contributed by atoms with E-state index in [0.717, 1.165) is 30.9 Å². The second-order valence-electron chi connectivity index (χ2n) is 6.24. The Kier molecular flexibility index (Phi) is 5.21. The quantitative estimate of drug-likeness (QED) is 0.925. The van der Waals surface area contributed by atoms with Crippen LogP contribution >= 0.6 is 0 Å². The van der Waals surface area contributed by atoms with Crippen molar-refractivity contribution in [1.29, 1.82) is 0 Å². The monoisotopic (exact) mass is 346 g/mol. The zero-order valence-electron chi connectivity index (χ0n) is 14.0. The van der Waals surface area contributed by atoms with E-state index in [0.29, 0.717) is 6.54 Å². The molecule has 0 radical (unpaired) electrons. The number of anilines is 1. The van der Waals surface area contributed by atoms with E-state index in [4.69, 9.17) is 0 Å². The summed E-state index contributed by atoms with van der Waals surface area (Å²) in [4.78, 5) is 14.4. The molecule has 1 fully saturated rings. The highest BCUT2D eigenvalue weighted by atomic mass is 19.1. The van der Waals surface area contributed by atoms with E-state index in [2.05, 4.69) is 15.5 Å². The number of rotatable bonds is 4. The summed E-state index contributed by atoms with van der Waals surface area (Å²) in [7, 11) is 0. The van der Waals surface area contributed by atoms with Crippen molar-refractivity contribution in [2.24, 2.45) is 5.92 Å². The summed E-state index contributed by atoms with van der Waals surface area (Å²) in [6.45, 7) is 3.04. The second kappa shape index (κ2) is 7.55. The van der Waals surface area contributed by atoms with E-state index in [1.807, 2.05) is 24.0 Å². The van der Waals surface area contributed by atoms with Crippen molar-refractivity contribution >= 4 is 11.7 Å². The van der Waals surface area contributed by atoms with Crippen LogP contribution in [-0.4, -0.2) is 29.2 Å². The summed E-state index contributed by atoms with van der Waals surface area (Å²) < 4.78 is 27.3. The minimum atomic E-state index is -0.652. The van der Waals surface area contributed by atoms with E-state index in [1.165, 1.54) is 18.2 Å². The first-order valence-electron chi connectivity index (χ1n) is 8.30. The van der Waals surface area contributed by atoms with Crippen LogP contribution in [0.25, 0.3) is 0 Å². The SMILES string of the molecule is Cc1ccc(N2CCCC(C(=O)NCc3c(F)cccc3F)C2)nn1. The first kappa shape index (κ1) is 17.3. The van der Waals surface area contributed by atoms with Crippen LogP contribution in [0.4, 0.5) is 14.6 Å². The Morgan fingerprint density at radius 1 is 1.24 bits per heavy atom. The van der Waals surface area contributed by atoms with Crippen LogP contribution in [0, 0.1) is 24.5 Å². The van der Waals surface area contributed by atoms with Gasteiger partial charge in [-0.2, -0.15) is 5.10 Å². The molecule has 7 heteroatoms. The molecule has 132 valence electrons. The van der Waals surface area contributed by atoms with Gasteiger partial charge in [-0.1, -0.05) is 6.07 Å². The van der Waals surface area contributed by atoms with Crippen LogP contribution in [0.2, 0.25) is 0 Å². The van der Waals surface area contributed by atoms with Crippen LogP contribution in [-0.2, 0) is 11.3 Å². The molecule has 0 saturated carbocycles. The fraction of sp³-hybridized carbons (Fsp3) is 0.389. The molecule has 1 saturated heterocycles. The number of nitrogens with one attached hydrogen (secondary N) is 1. The van der Waals surface area contributed by atoms with E-state index >= 15 is 0 Å². The molecule has 1 atom stereocenters. The average Bonchev–Trinajstić information content (AvgIpc) is 2.62. The number of nitrogens with zero attached hydrogens (tertiary/aromatic N) is 3. The Morgan fingerprint density at radius 3 is 2.68 bits per heavy atom. The highest BCUT2D eigenvalue weighted by molar-refractivity contribution is 5.79. The molecule has 0 spiro atoms. The van der Waals surface area contributed by atoms with Gasteiger partial charge in [0.2, 0.25) is 5.91 Å². The maximum absolute atomic E-state index is 13.6. The minimum Gasteiger partial charge on any atom is -0.354 e. The molecule has 3 rings (SSSR count). The van der Waals surface area contributed by atoms with Gasteiger partial charge in [-0.15, -0.1) is 5.10 Å². The highest BCUT2D eigenvalue weighted by Crippen LogP contribution is 2.21. The molecule has 2 aromatic rings. The number of benzene rings is 1. The fourth-order valence-electron chi connectivity index (χ4n) is 2.98. The smallest absolute Gasteiger partial charge is 0.225 e. The van der Waals surface area contributed by atoms with Crippen molar-refractivity contribution in [2.75, 3.05) is 18.0 Å². The predicted molar refractivity (Wildman–Crippen MR) is 89.9 cm³/mol. The highest BCUT2D eigenvalue weighted by Gasteiger charge is 2.27.